The summed E-state index contributed by atoms with van der Waals surface area (Å²) in [6, 6.07) is 7.99. The van der Waals surface area contributed by atoms with Crippen molar-refractivity contribution in [1.29, 1.82) is 0 Å². The predicted octanol–water partition coefficient (Wildman–Crippen LogP) is 2.09. The molecule has 0 N–H and O–H groups in total. The molecule has 0 bridgehead atoms. The van der Waals surface area contributed by atoms with Crippen LogP contribution in [-0.4, -0.2) is 9.55 Å². The van der Waals surface area contributed by atoms with Crippen molar-refractivity contribution in [2.75, 3.05) is 0 Å². The summed E-state index contributed by atoms with van der Waals surface area (Å²) in [4.78, 5) is 4.25. The maximum Gasteiger partial charge on any atom is 0.0717 e. The van der Waals surface area contributed by atoms with Gasteiger partial charge in [-0.15, -0.1) is 0 Å². The number of aromatic nitrogens is 2. The van der Waals surface area contributed by atoms with E-state index in [4.69, 9.17) is 0 Å². The molecule has 0 spiro atoms. The van der Waals surface area contributed by atoms with Gasteiger partial charge in [0.2, 0.25) is 0 Å². The van der Waals surface area contributed by atoms with E-state index in [1.54, 1.807) is 0 Å². The summed E-state index contributed by atoms with van der Waals surface area (Å²) in [5, 5.41) is 0. The average Bonchev–Trinajstić information content (AvgIpc) is 2.54. The van der Waals surface area contributed by atoms with Gasteiger partial charge in [0.1, 0.15) is 0 Å². The monoisotopic (exact) mass is 158 g/mol. The van der Waals surface area contributed by atoms with Gasteiger partial charge in [-0.05, 0) is 18.2 Å². The maximum absolute atomic E-state index is 4.25. The summed E-state index contributed by atoms with van der Waals surface area (Å²) < 4.78 is 2.02. The summed E-state index contributed by atoms with van der Waals surface area (Å²) in [5.74, 6) is 0. The van der Waals surface area contributed by atoms with Gasteiger partial charge in [0.15, 0.2) is 0 Å². The molecule has 2 aromatic heterocycles. The smallest absolute Gasteiger partial charge is 0.0717 e. The molecule has 0 fully saturated rings. The molecule has 60 valence electrons. The van der Waals surface area contributed by atoms with Crippen LogP contribution in [0.2, 0.25) is 0 Å². The topological polar surface area (TPSA) is 17.8 Å². The van der Waals surface area contributed by atoms with Crippen LogP contribution in [0.5, 0.6) is 0 Å². The Bertz CT molecular complexity index is 362. The number of rotatable bonds is 1. The quantitative estimate of drug-likeness (QED) is 0.621. The zero-order chi connectivity index (χ0) is 8.39. The fraction of sp³-hybridized carbons (Fsp3) is 0.100. The summed E-state index contributed by atoms with van der Waals surface area (Å²) in [6.07, 6.45) is 5.88. The van der Waals surface area contributed by atoms with E-state index in [0.29, 0.717) is 0 Å². The standard InChI is InChI=1S/C10H10N2/c1-12-7-5-9(8-12)10-4-2-3-6-11-10/h2-8H,1H3. The Kier molecular flexibility index (Phi) is 1.67. The highest BCUT2D eigenvalue weighted by atomic mass is 14.9. The largest absolute Gasteiger partial charge is 0.357 e. The Hall–Kier alpha value is -1.57. The van der Waals surface area contributed by atoms with E-state index in [1.807, 2.05) is 42.2 Å². The van der Waals surface area contributed by atoms with E-state index in [2.05, 4.69) is 17.2 Å². The highest BCUT2D eigenvalue weighted by molar-refractivity contribution is 5.57. The van der Waals surface area contributed by atoms with Crippen molar-refractivity contribution >= 4 is 0 Å². The molecule has 2 nitrogen and oxygen atoms in total. The lowest BCUT2D eigenvalue weighted by Crippen LogP contribution is -1.80. The molecular weight excluding hydrogens is 148 g/mol. The number of nitrogens with zero attached hydrogens (tertiary/aromatic N) is 2. The van der Waals surface area contributed by atoms with Gasteiger partial charge in [-0.1, -0.05) is 6.07 Å². The average molecular weight is 158 g/mol. The SMILES string of the molecule is Cn1ccc(-c2ccccn2)c1. The molecule has 0 saturated carbocycles. The van der Waals surface area contributed by atoms with Crippen LogP contribution in [0.3, 0.4) is 0 Å². The molecule has 0 atom stereocenters. The minimum atomic E-state index is 1.03. The van der Waals surface area contributed by atoms with Crippen molar-refractivity contribution in [2.24, 2.45) is 7.05 Å². The van der Waals surface area contributed by atoms with E-state index in [0.717, 1.165) is 11.3 Å². The molecule has 2 heteroatoms. The molecule has 2 rings (SSSR count). The van der Waals surface area contributed by atoms with Crippen molar-refractivity contribution < 1.29 is 0 Å². The number of aryl methyl sites for hydroxylation is 1. The van der Waals surface area contributed by atoms with Crippen LogP contribution in [0.15, 0.2) is 42.9 Å². The second-order valence-corrected chi connectivity index (χ2v) is 2.78. The molecule has 0 saturated heterocycles. The second kappa shape index (κ2) is 2.81. The Balaban J connectivity index is 2.45. The van der Waals surface area contributed by atoms with E-state index >= 15 is 0 Å². The van der Waals surface area contributed by atoms with Gasteiger partial charge >= 0.3 is 0 Å². The van der Waals surface area contributed by atoms with Crippen molar-refractivity contribution in [3.05, 3.63) is 42.9 Å². The molecule has 0 aromatic carbocycles. The van der Waals surface area contributed by atoms with Crippen LogP contribution in [0.4, 0.5) is 0 Å². The highest BCUT2D eigenvalue weighted by Crippen LogP contribution is 2.15. The Morgan fingerprint density at radius 2 is 2.17 bits per heavy atom. The van der Waals surface area contributed by atoms with Gasteiger partial charge in [0.05, 0.1) is 5.69 Å². The Morgan fingerprint density at radius 3 is 2.75 bits per heavy atom. The third-order valence-electron chi connectivity index (χ3n) is 1.79. The summed E-state index contributed by atoms with van der Waals surface area (Å²) >= 11 is 0. The van der Waals surface area contributed by atoms with Gasteiger partial charge in [-0.2, -0.15) is 0 Å². The first-order chi connectivity index (χ1) is 5.86. The third kappa shape index (κ3) is 1.23. The van der Waals surface area contributed by atoms with Crippen LogP contribution in [0, 0.1) is 0 Å². The predicted molar refractivity (Wildman–Crippen MR) is 48.6 cm³/mol. The van der Waals surface area contributed by atoms with E-state index in [1.165, 1.54) is 0 Å². The van der Waals surface area contributed by atoms with Crippen LogP contribution < -0.4 is 0 Å². The molecule has 0 aliphatic rings. The molecule has 0 radical (unpaired) electrons. The van der Waals surface area contributed by atoms with E-state index in [-0.39, 0.29) is 0 Å². The third-order valence-corrected chi connectivity index (χ3v) is 1.79. The number of pyridine rings is 1. The molecule has 0 aliphatic heterocycles. The van der Waals surface area contributed by atoms with Gasteiger partial charge < -0.3 is 4.57 Å². The van der Waals surface area contributed by atoms with Crippen LogP contribution in [0.1, 0.15) is 0 Å². The summed E-state index contributed by atoms with van der Waals surface area (Å²) in [6.45, 7) is 0. The second-order valence-electron chi connectivity index (χ2n) is 2.78. The number of hydrogen-bond donors (Lipinski definition) is 0. The Labute approximate surface area is 71.5 Å². The lowest BCUT2D eigenvalue weighted by Gasteiger charge is -1.93. The lowest BCUT2D eigenvalue weighted by molar-refractivity contribution is 0.928. The molecule has 0 amide bonds. The lowest BCUT2D eigenvalue weighted by atomic mass is 10.2. The minimum Gasteiger partial charge on any atom is -0.357 e. The minimum absolute atomic E-state index is 1.03. The van der Waals surface area contributed by atoms with Crippen molar-refractivity contribution in [3.8, 4) is 11.3 Å². The first-order valence-corrected chi connectivity index (χ1v) is 3.89. The molecular formula is C10H10N2. The first-order valence-electron chi connectivity index (χ1n) is 3.89. The summed E-state index contributed by atoms with van der Waals surface area (Å²) in [5.41, 5.74) is 2.19. The normalized spacial score (nSPS) is 10.1. The van der Waals surface area contributed by atoms with Crippen LogP contribution in [0.25, 0.3) is 11.3 Å². The van der Waals surface area contributed by atoms with Gasteiger partial charge in [0, 0.05) is 31.2 Å². The zero-order valence-corrected chi connectivity index (χ0v) is 6.94. The van der Waals surface area contributed by atoms with Crippen molar-refractivity contribution in [2.45, 2.75) is 0 Å². The summed E-state index contributed by atoms with van der Waals surface area (Å²) in [7, 11) is 2.01. The van der Waals surface area contributed by atoms with Crippen molar-refractivity contribution in [1.82, 2.24) is 9.55 Å². The van der Waals surface area contributed by atoms with Crippen LogP contribution in [-0.2, 0) is 7.05 Å². The highest BCUT2D eigenvalue weighted by Gasteiger charge is 1.97. The molecule has 12 heavy (non-hydrogen) atoms. The van der Waals surface area contributed by atoms with Gasteiger partial charge in [-0.3, -0.25) is 4.98 Å². The zero-order valence-electron chi connectivity index (χ0n) is 6.94. The van der Waals surface area contributed by atoms with Gasteiger partial charge in [-0.25, -0.2) is 0 Å². The van der Waals surface area contributed by atoms with Crippen LogP contribution >= 0.6 is 0 Å². The molecule has 2 aromatic rings. The first kappa shape index (κ1) is 7.10. The van der Waals surface area contributed by atoms with E-state index in [9.17, 15) is 0 Å². The maximum atomic E-state index is 4.25. The molecule has 0 aliphatic carbocycles. The fourth-order valence-corrected chi connectivity index (χ4v) is 1.19. The molecule has 2 heterocycles. The van der Waals surface area contributed by atoms with Crippen molar-refractivity contribution in [3.63, 3.8) is 0 Å². The van der Waals surface area contributed by atoms with Gasteiger partial charge in [0.25, 0.3) is 0 Å². The fourth-order valence-electron chi connectivity index (χ4n) is 1.19. The van der Waals surface area contributed by atoms with E-state index < -0.39 is 0 Å². The molecule has 0 unspecified atom stereocenters. The Morgan fingerprint density at radius 1 is 1.25 bits per heavy atom. The number of hydrogen-bond acceptors (Lipinski definition) is 1.